The highest BCUT2D eigenvalue weighted by Crippen LogP contribution is 2.26. The normalized spacial score (nSPS) is 11.3. The van der Waals surface area contributed by atoms with Crippen LogP contribution in [-0.4, -0.2) is 17.0 Å². The van der Waals surface area contributed by atoms with Crippen molar-refractivity contribution in [2.45, 2.75) is 19.6 Å². The molecule has 7 heteroatoms. The van der Waals surface area contributed by atoms with Crippen molar-refractivity contribution < 1.29 is 19.4 Å². The smallest absolute Gasteiger partial charge is 0.336 e. The van der Waals surface area contributed by atoms with Crippen LogP contribution in [0.15, 0.2) is 66.7 Å². The minimum atomic E-state index is -1.07. The van der Waals surface area contributed by atoms with Crippen LogP contribution in [0.4, 0.5) is 0 Å². The molecule has 3 rings (SSSR count). The van der Waals surface area contributed by atoms with Crippen molar-refractivity contribution >= 4 is 23.5 Å². The van der Waals surface area contributed by atoms with Crippen LogP contribution in [0, 0.1) is 11.3 Å². The van der Waals surface area contributed by atoms with Gasteiger partial charge in [0.05, 0.1) is 28.8 Å². The van der Waals surface area contributed by atoms with Crippen LogP contribution in [-0.2, 0) is 6.61 Å². The summed E-state index contributed by atoms with van der Waals surface area (Å²) in [7, 11) is 0. The lowest BCUT2D eigenvalue weighted by atomic mass is 10.0. The molecule has 1 atom stereocenters. The number of nitriles is 1. The Bertz CT molecular complexity index is 1170. The summed E-state index contributed by atoms with van der Waals surface area (Å²) in [6.45, 7) is 1.80. The van der Waals surface area contributed by atoms with Gasteiger partial charge in [0.2, 0.25) is 0 Å². The van der Waals surface area contributed by atoms with Crippen LogP contribution < -0.4 is 10.1 Å². The van der Waals surface area contributed by atoms with Crippen molar-refractivity contribution in [1.82, 2.24) is 5.32 Å². The Morgan fingerprint density at radius 3 is 2.55 bits per heavy atom. The predicted molar refractivity (Wildman–Crippen MR) is 116 cm³/mol. The van der Waals surface area contributed by atoms with Crippen LogP contribution in [0.3, 0.4) is 0 Å². The summed E-state index contributed by atoms with van der Waals surface area (Å²) in [6, 6.07) is 19.7. The molecule has 0 aliphatic carbocycles. The molecule has 31 heavy (non-hydrogen) atoms. The molecule has 0 aliphatic heterocycles. The van der Waals surface area contributed by atoms with E-state index in [1.54, 1.807) is 61.5 Å². The third kappa shape index (κ3) is 5.21. The SMILES string of the molecule is C[C@H](NC(=O)c1cc(Cl)ccc1OCc1ccccc1C#N)c1ccccc1C(=O)O. The lowest BCUT2D eigenvalue weighted by Crippen LogP contribution is -2.28. The van der Waals surface area contributed by atoms with E-state index in [1.165, 1.54) is 12.1 Å². The molecule has 1 amide bonds. The van der Waals surface area contributed by atoms with E-state index in [0.29, 0.717) is 27.5 Å². The van der Waals surface area contributed by atoms with Crippen molar-refractivity contribution in [3.8, 4) is 11.8 Å². The Morgan fingerprint density at radius 1 is 1.10 bits per heavy atom. The Morgan fingerprint density at radius 2 is 1.81 bits per heavy atom. The van der Waals surface area contributed by atoms with Crippen molar-refractivity contribution in [2.24, 2.45) is 0 Å². The van der Waals surface area contributed by atoms with Gasteiger partial charge in [0, 0.05) is 10.6 Å². The molecule has 3 aromatic rings. The maximum Gasteiger partial charge on any atom is 0.336 e. The highest BCUT2D eigenvalue weighted by molar-refractivity contribution is 6.31. The number of hydrogen-bond donors (Lipinski definition) is 2. The molecule has 0 heterocycles. The molecular formula is C24H19ClN2O4. The van der Waals surface area contributed by atoms with Crippen molar-refractivity contribution in [3.63, 3.8) is 0 Å². The van der Waals surface area contributed by atoms with Gasteiger partial charge in [-0.1, -0.05) is 48.0 Å². The zero-order chi connectivity index (χ0) is 22.4. The second kappa shape index (κ2) is 9.79. The largest absolute Gasteiger partial charge is 0.488 e. The average molecular weight is 435 g/mol. The number of benzene rings is 3. The van der Waals surface area contributed by atoms with Gasteiger partial charge in [0.25, 0.3) is 5.91 Å². The second-order valence-electron chi connectivity index (χ2n) is 6.79. The van der Waals surface area contributed by atoms with Gasteiger partial charge in [-0.2, -0.15) is 5.26 Å². The summed E-state index contributed by atoms with van der Waals surface area (Å²) in [5.74, 6) is -1.23. The molecule has 0 fully saturated rings. The lowest BCUT2D eigenvalue weighted by molar-refractivity contribution is 0.0693. The number of carbonyl (C=O) groups is 2. The maximum atomic E-state index is 13.0. The molecule has 0 radical (unpaired) electrons. The number of carbonyl (C=O) groups excluding carboxylic acids is 1. The van der Waals surface area contributed by atoms with Gasteiger partial charge in [0.15, 0.2) is 0 Å². The van der Waals surface area contributed by atoms with E-state index in [0.717, 1.165) is 0 Å². The minimum absolute atomic E-state index is 0.100. The summed E-state index contributed by atoms with van der Waals surface area (Å²) in [5, 5.41) is 21.8. The molecule has 0 bridgehead atoms. The van der Waals surface area contributed by atoms with Crippen LogP contribution in [0.2, 0.25) is 5.02 Å². The number of carboxylic acid groups (broad SMARTS) is 1. The van der Waals surface area contributed by atoms with Crippen LogP contribution in [0.5, 0.6) is 5.75 Å². The summed E-state index contributed by atoms with van der Waals surface area (Å²) in [5.41, 5.74) is 1.99. The zero-order valence-corrected chi connectivity index (χ0v) is 17.4. The first-order valence-electron chi connectivity index (χ1n) is 9.44. The number of ether oxygens (including phenoxy) is 1. The number of hydrogen-bond acceptors (Lipinski definition) is 4. The molecule has 0 spiro atoms. The summed E-state index contributed by atoms with van der Waals surface area (Å²) in [6.07, 6.45) is 0. The monoisotopic (exact) mass is 434 g/mol. The van der Waals surface area contributed by atoms with Crippen molar-refractivity contribution in [2.75, 3.05) is 0 Å². The zero-order valence-electron chi connectivity index (χ0n) is 16.6. The van der Waals surface area contributed by atoms with Gasteiger partial charge >= 0.3 is 5.97 Å². The fraction of sp³-hybridized carbons (Fsp3) is 0.125. The van der Waals surface area contributed by atoms with E-state index in [-0.39, 0.29) is 17.7 Å². The quantitative estimate of drug-likeness (QED) is 0.546. The third-order valence-corrected chi connectivity index (χ3v) is 4.95. The Kier molecular flexibility index (Phi) is 6.91. The fourth-order valence-electron chi connectivity index (χ4n) is 3.14. The second-order valence-corrected chi connectivity index (χ2v) is 7.22. The summed E-state index contributed by atoms with van der Waals surface area (Å²) in [4.78, 5) is 24.4. The predicted octanol–water partition coefficient (Wildman–Crippen LogP) is 4.98. The standard InChI is InChI=1S/C24H19ClN2O4/c1-15(19-8-4-5-9-20(19)24(29)30)27-23(28)21-12-18(25)10-11-22(21)31-14-17-7-3-2-6-16(17)13-26/h2-12,15H,14H2,1H3,(H,27,28)(H,29,30)/t15-/m0/s1. The highest BCUT2D eigenvalue weighted by atomic mass is 35.5. The van der Waals surface area contributed by atoms with E-state index < -0.39 is 17.9 Å². The highest BCUT2D eigenvalue weighted by Gasteiger charge is 2.20. The summed E-state index contributed by atoms with van der Waals surface area (Å²) >= 11 is 6.09. The van der Waals surface area contributed by atoms with Gasteiger partial charge in [-0.25, -0.2) is 4.79 Å². The molecule has 3 aromatic carbocycles. The minimum Gasteiger partial charge on any atom is -0.488 e. The van der Waals surface area contributed by atoms with Gasteiger partial charge < -0.3 is 15.2 Å². The molecule has 2 N–H and O–H groups in total. The number of halogens is 1. The van der Waals surface area contributed by atoms with Crippen LogP contribution in [0.25, 0.3) is 0 Å². The van der Waals surface area contributed by atoms with Crippen LogP contribution in [0.1, 0.15) is 50.4 Å². The fourth-order valence-corrected chi connectivity index (χ4v) is 3.31. The first kappa shape index (κ1) is 21.9. The molecular weight excluding hydrogens is 416 g/mol. The van der Waals surface area contributed by atoms with Gasteiger partial charge in [-0.15, -0.1) is 0 Å². The van der Waals surface area contributed by atoms with Crippen molar-refractivity contribution in [3.05, 3.63) is 99.6 Å². The first-order valence-corrected chi connectivity index (χ1v) is 9.82. The van der Waals surface area contributed by atoms with Crippen molar-refractivity contribution in [1.29, 1.82) is 5.26 Å². The van der Waals surface area contributed by atoms with E-state index in [2.05, 4.69) is 11.4 Å². The van der Waals surface area contributed by atoms with E-state index in [1.807, 2.05) is 0 Å². The Labute approximate surface area is 184 Å². The molecule has 0 unspecified atom stereocenters. The maximum absolute atomic E-state index is 13.0. The Hall–Kier alpha value is -3.82. The summed E-state index contributed by atoms with van der Waals surface area (Å²) < 4.78 is 5.83. The molecule has 6 nitrogen and oxygen atoms in total. The van der Waals surface area contributed by atoms with E-state index in [9.17, 15) is 20.0 Å². The van der Waals surface area contributed by atoms with Gasteiger partial charge in [-0.05, 0) is 42.8 Å². The number of amides is 1. The van der Waals surface area contributed by atoms with E-state index >= 15 is 0 Å². The average Bonchev–Trinajstić information content (AvgIpc) is 2.78. The molecule has 0 aliphatic rings. The molecule has 0 saturated carbocycles. The lowest BCUT2D eigenvalue weighted by Gasteiger charge is -2.18. The molecule has 156 valence electrons. The first-order chi connectivity index (χ1) is 14.9. The van der Waals surface area contributed by atoms with E-state index in [4.69, 9.17) is 16.3 Å². The van der Waals surface area contributed by atoms with Crippen LogP contribution >= 0.6 is 11.6 Å². The number of nitrogens with one attached hydrogen (secondary N) is 1. The topological polar surface area (TPSA) is 99.4 Å². The number of rotatable bonds is 7. The molecule has 0 aromatic heterocycles. The number of nitrogens with zero attached hydrogens (tertiary/aromatic N) is 1. The van der Waals surface area contributed by atoms with Gasteiger partial charge in [0.1, 0.15) is 12.4 Å². The number of aromatic carboxylic acids is 1. The molecule has 0 saturated heterocycles. The van der Waals surface area contributed by atoms with Gasteiger partial charge in [-0.3, -0.25) is 4.79 Å². The Balaban J connectivity index is 1.82. The number of carboxylic acids is 1. The third-order valence-electron chi connectivity index (χ3n) is 4.71.